The summed E-state index contributed by atoms with van der Waals surface area (Å²) < 4.78 is 13.1. The van der Waals surface area contributed by atoms with Crippen LogP contribution in [0.2, 0.25) is 0 Å². The van der Waals surface area contributed by atoms with Crippen molar-refractivity contribution in [3.8, 4) is 0 Å². The predicted molar refractivity (Wildman–Crippen MR) is 76.6 cm³/mol. The summed E-state index contributed by atoms with van der Waals surface area (Å²) in [7, 11) is 0. The lowest BCUT2D eigenvalue weighted by molar-refractivity contribution is -0.115. The lowest BCUT2D eigenvalue weighted by Crippen LogP contribution is -2.23. The summed E-state index contributed by atoms with van der Waals surface area (Å²) in [6.45, 7) is 5.86. The van der Waals surface area contributed by atoms with Gasteiger partial charge in [-0.3, -0.25) is 4.79 Å². The van der Waals surface area contributed by atoms with E-state index in [0.29, 0.717) is 5.69 Å². The molecule has 0 aromatic heterocycles. The highest BCUT2D eigenvalue weighted by Gasteiger charge is 2.14. The first-order chi connectivity index (χ1) is 8.54. The van der Waals surface area contributed by atoms with Crippen LogP contribution in [-0.4, -0.2) is 16.9 Å². The number of aryl methyl sites for hydroxylation is 1. The zero-order valence-corrected chi connectivity index (χ0v) is 11.9. The van der Waals surface area contributed by atoms with E-state index in [0.717, 1.165) is 24.2 Å². The third-order valence-corrected chi connectivity index (χ3v) is 3.93. The van der Waals surface area contributed by atoms with Crippen molar-refractivity contribution in [2.75, 3.05) is 11.1 Å². The molecule has 0 aliphatic carbocycles. The number of nitrogens with one attached hydrogen (secondary N) is 1. The molecular formula is C14H20FNOS. The van der Waals surface area contributed by atoms with Gasteiger partial charge in [0.1, 0.15) is 5.82 Å². The number of anilines is 1. The number of amides is 1. The fraction of sp³-hybridized carbons (Fsp3) is 0.500. The zero-order chi connectivity index (χ0) is 13.5. The molecule has 1 atom stereocenters. The van der Waals surface area contributed by atoms with E-state index in [1.54, 1.807) is 17.8 Å². The number of hydrogen-bond donors (Lipinski definition) is 1. The summed E-state index contributed by atoms with van der Waals surface area (Å²) in [4.78, 5) is 11.9. The van der Waals surface area contributed by atoms with E-state index in [1.807, 2.05) is 13.8 Å². The Morgan fingerprint density at radius 1 is 1.50 bits per heavy atom. The molecule has 1 aromatic carbocycles. The Bertz CT molecular complexity index is 409. The van der Waals surface area contributed by atoms with Crippen LogP contribution >= 0.6 is 11.8 Å². The zero-order valence-electron chi connectivity index (χ0n) is 11.1. The van der Waals surface area contributed by atoms with Crippen LogP contribution in [0.4, 0.5) is 10.1 Å². The maximum absolute atomic E-state index is 13.1. The summed E-state index contributed by atoms with van der Waals surface area (Å²) in [5, 5.41) is 2.67. The van der Waals surface area contributed by atoms with E-state index in [9.17, 15) is 9.18 Å². The predicted octanol–water partition coefficient (Wildman–Crippen LogP) is 3.99. The van der Waals surface area contributed by atoms with E-state index in [1.165, 1.54) is 12.1 Å². The molecule has 0 aliphatic rings. The fourth-order valence-electron chi connectivity index (χ4n) is 1.44. The monoisotopic (exact) mass is 269 g/mol. The lowest BCUT2D eigenvalue weighted by Gasteiger charge is -2.13. The maximum Gasteiger partial charge on any atom is 0.237 e. The summed E-state index contributed by atoms with van der Waals surface area (Å²) in [6, 6.07) is 4.42. The maximum atomic E-state index is 13.1. The van der Waals surface area contributed by atoms with Crippen LogP contribution in [0.5, 0.6) is 0 Å². The minimum absolute atomic E-state index is 0.0650. The molecule has 1 N–H and O–H groups in total. The van der Waals surface area contributed by atoms with Crippen LogP contribution in [0, 0.1) is 12.7 Å². The standard InChI is InChI=1S/C14H20FNOS/c1-4-5-8-18-11(3)14(17)16-13-9-12(15)7-6-10(13)2/h6-7,9,11H,4-5,8H2,1-3H3,(H,16,17). The highest BCUT2D eigenvalue weighted by atomic mass is 32.2. The molecule has 1 rings (SSSR count). The van der Waals surface area contributed by atoms with Crippen LogP contribution in [0.1, 0.15) is 32.3 Å². The second kappa shape index (κ2) is 7.41. The Balaban J connectivity index is 2.55. The van der Waals surface area contributed by atoms with Crippen molar-refractivity contribution >= 4 is 23.4 Å². The number of carbonyl (C=O) groups excluding carboxylic acids is 1. The third-order valence-electron chi connectivity index (χ3n) is 2.69. The fourth-order valence-corrected chi connectivity index (χ4v) is 2.46. The van der Waals surface area contributed by atoms with Gasteiger partial charge in [-0.25, -0.2) is 4.39 Å². The summed E-state index contributed by atoms with van der Waals surface area (Å²) in [5.41, 5.74) is 1.43. The molecule has 0 saturated heterocycles. The topological polar surface area (TPSA) is 29.1 Å². The molecule has 1 unspecified atom stereocenters. The first kappa shape index (κ1) is 15.0. The van der Waals surface area contributed by atoms with Crippen molar-refractivity contribution < 1.29 is 9.18 Å². The Morgan fingerprint density at radius 2 is 2.22 bits per heavy atom. The Labute approximate surface area is 112 Å². The normalized spacial score (nSPS) is 12.2. The number of unbranched alkanes of at least 4 members (excludes halogenated alkanes) is 1. The number of benzene rings is 1. The molecule has 0 heterocycles. The average Bonchev–Trinajstić information content (AvgIpc) is 2.34. The molecule has 0 spiro atoms. The Hall–Kier alpha value is -1.03. The van der Waals surface area contributed by atoms with E-state index >= 15 is 0 Å². The van der Waals surface area contributed by atoms with Gasteiger partial charge in [-0.15, -0.1) is 11.8 Å². The lowest BCUT2D eigenvalue weighted by atomic mass is 10.2. The van der Waals surface area contributed by atoms with Gasteiger partial charge >= 0.3 is 0 Å². The molecule has 2 nitrogen and oxygen atoms in total. The molecule has 0 bridgehead atoms. The highest BCUT2D eigenvalue weighted by Crippen LogP contribution is 2.19. The number of hydrogen-bond acceptors (Lipinski definition) is 2. The van der Waals surface area contributed by atoms with Crippen LogP contribution in [0.25, 0.3) is 0 Å². The van der Waals surface area contributed by atoms with Gasteiger partial charge in [0.05, 0.1) is 5.25 Å². The van der Waals surface area contributed by atoms with E-state index in [4.69, 9.17) is 0 Å². The molecule has 0 radical (unpaired) electrons. The van der Waals surface area contributed by atoms with E-state index in [-0.39, 0.29) is 17.0 Å². The number of halogens is 1. The van der Waals surface area contributed by atoms with Crippen molar-refractivity contribution in [1.82, 2.24) is 0 Å². The van der Waals surface area contributed by atoms with Crippen LogP contribution in [-0.2, 0) is 4.79 Å². The molecule has 0 fully saturated rings. The summed E-state index contributed by atoms with van der Waals surface area (Å²) >= 11 is 1.63. The van der Waals surface area contributed by atoms with Crippen LogP contribution in [0.3, 0.4) is 0 Å². The Kier molecular flexibility index (Phi) is 6.19. The summed E-state index contributed by atoms with van der Waals surface area (Å²) in [6.07, 6.45) is 2.24. The average molecular weight is 269 g/mol. The van der Waals surface area contributed by atoms with Crippen molar-refractivity contribution in [3.63, 3.8) is 0 Å². The van der Waals surface area contributed by atoms with Gasteiger partial charge in [-0.1, -0.05) is 19.4 Å². The van der Waals surface area contributed by atoms with Gasteiger partial charge in [-0.05, 0) is 43.7 Å². The quantitative estimate of drug-likeness (QED) is 0.791. The molecule has 1 aromatic rings. The molecule has 100 valence electrons. The smallest absolute Gasteiger partial charge is 0.237 e. The second-order valence-corrected chi connectivity index (χ2v) is 5.76. The van der Waals surface area contributed by atoms with Gasteiger partial charge in [0.2, 0.25) is 5.91 Å². The van der Waals surface area contributed by atoms with Crippen molar-refractivity contribution in [1.29, 1.82) is 0 Å². The number of thioether (sulfide) groups is 1. The molecule has 0 aliphatic heterocycles. The third kappa shape index (κ3) is 4.69. The highest BCUT2D eigenvalue weighted by molar-refractivity contribution is 8.00. The first-order valence-corrected chi connectivity index (χ1v) is 7.28. The van der Waals surface area contributed by atoms with Gasteiger partial charge in [0, 0.05) is 5.69 Å². The van der Waals surface area contributed by atoms with Crippen LogP contribution < -0.4 is 5.32 Å². The van der Waals surface area contributed by atoms with Crippen molar-refractivity contribution in [3.05, 3.63) is 29.6 Å². The largest absolute Gasteiger partial charge is 0.325 e. The minimum atomic E-state index is -0.331. The Morgan fingerprint density at radius 3 is 2.89 bits per heavy atom. The van der Waals surface area contributed by atoms with Crippen molar-refractivity contribution in [2.45, 2.75) is 38.9 Å². The number of carbonyl (C=O) groups is 1. The van der Waals surface area contributed by atoms with Crippen molar-refractivity contribution in [2.24, 2.45) is 0 Å². The first-order valence-electron chi connectivity index (χ1n) is 6.23. The summed E-state index contributed by atoms with van der Waals surface area (Å²) in [5.74, 6) is 0.583. The van der Waals surface area contributed by atoms with E-state index in [2.05, 4.69) is 12.2 Å². The minimum Gasteiger partial charge on any atom is -0.325 e. The van der Waals surface area contributed by atoms with Crippen LogP contribution in [0.15, 0.2) is 18.2 Å². The molecule has 18 heavy (non-hydrogen) atoms. The van der Waals surface area contributed by atoms with E-state index < -0.39 is 0 Å². The van der Waals surface area contributed by atoms with Gasteiger partial charge in [0.15, 0.2) is 0 Å². The molecule has 0 saturated carbocycles. The van der Waals surface area contributed by atoms with Gasteiger partial charge < -0.3 is 5.32 Å². The second-order valence-electron chi connectivity index (χ2n) is 4.32. The number of rotatable bonds is 6. The molecule has 4 heteroatoms. The molecular weight excluding hydrogens is 249 g/mol. The molecule has 1 amide bonds. The SMILES string of the molecule is CCCCSC(C)C(=O)Nc1cc(F)ccc1C. The van der Waals surface area contributed by atoms with Gasteiger partial charge in [-0.2, -0.15) is 0 Å². The van der Waals surface area contributed by atoms with Gasteiger partial charge in [0.25, 0.3) is 0 Å².